The van der Waals surface area contributed by atoms with E-state index in [2.05, 4.69) is 21.2 Å². The van der Waals surface area contributed by atoms with Crippen molar-refractivity contribution in [3.05, 3.63) is 95.1 Å². The summed E-state index contributed by atoms with van der Waals surface area (Å²) in [5, 5.41) is 9.17. The van der Waals surface area contributed by atoms with E-state index in [1.807, 2.05) is 61.5 Å². The largest absolute Gasteiger partial charge is 0.493 e. The zero-order valence-corrected chi connectivity index (χ0v) is 20.1. The molecule has 0 atom stereocenters. The summed E-state index contributed by atoms with van der Waals surface area (Å²) < 4.78 is 11.0. The van der Waals surface area contributed by atoms with Crippen LogP contribution in [0.15, 0.2) is 77.9 Å². The number of para-hydroxylation sites is 1. The number of hydrazone groups is 1. The third-order valence-electron chi connectivity index (χ3n) is 5.06. The molecule has 0 bridgehead atoms. The van der Waals surface area contributed by atoms with Crippen molar-refractivity contribution in [3.63, 3.8) is 0 Å². The quantitative estimate of drug-likeness (QED) is 0.230. The highest BCUT2D eigenvalue weighted by Gasteiger charge is 2.14. The second kappa shape index (κ2) is 13.3. The normalized spacial score (nSPS) is 10.5. The number of rotatable bonds is 10. The number of nitrogens with zero attached hydrogens (tertiary/aromatic N) is 1. The standard InChI is InChI=1S/C27H28N4O5/c1-19-11-13-21(14-12-19)16-29-26(33)27(34)31-30-17-22-9-6-10-23(35-2)25(22)36-18-24(32)28-15-20-7-4-3-5-8-20/h3-14,17H,15-16,18H2,1-2H3,(H,28,32)(H,29,33)(H,31,34)/b30-17-. The van der Waals surface area contributed by atoms with Gasteiger partial charge in [-0.05, 0) is 30.2 Å². The van der Waals surface area contributed by atoms with Gasteiger partial charge >= 0.3 is 11.8 Å². The van der Waals surface area contributed by atoms with Gasteiger partial charge in [-0.3, -0.25) is 14.4 Å². The summed E-state index contributed by atoms with van der Waals surface area (Å²) in [5.74, 6) is -1.38. The predicted molar refractivity (Wildman–Crippen MR) is 136 cm³/mol. The van der Waals surface area contributed by atoms with Gasteiger partial charge in [-0.25, -0.2) is 5.43 Å². The highest BCUT2D eigenvalue weighted by Crippen LogP contribution is 2.30. The van der Waals surface area contributed by atoms with E-state index in [4.69, 9.17) is 9.47 Å². The number of amides is 3. The average molecular weight is 489 g/mol. The molecule has 0 aliphatic heterocycles. The number of carbonyl (C=O) groups excluding carboxylic acids is 3. The van der Waals surface area contributed by atoms with E-state index < -0.39 is 11.8 Å². The molecule has 0 aromatic heterocycles. The monoisotopic (exact) mass is 488 g/mol. The second-order valence-electron chi connectivity index (χ2n) is 7.80. The molecule has 186 valence electrons. The average Bonchev–Trinajstić information content (AvgIpc) is 2.90. The van der Waals surface area contributed by atoms with Crippen molar-refractivity contribution in [3.8, 4) is 11.5 Å². The van der Waals surface area contributed by atoms with Gasteiger partial charge in [0, 0.05) is 18.7 Å². The van der Waals surface area contributed by atoms with E-state index in [0.29, 0.717) is 17.9 Å². The fourth-order valence-electron chi connectivity index (χ4n) is 3.11. The van der Waals surface area contributed by atoms with Crippen molar-refractivity contribution >= 4 is 23.9 Å². The van der Waals surface area contributed by atoms with Gasteiger partial charge in [-0.1, -0.05) is 66.2 Å². The van der Waals surface area contributed by atoms with Gasteiger partial charge in [0.2, 0.25) is 0 Å². The Morgan fingerprint density at radius 1 is 0.833 bits per heavy atom. The second-order valence-corrected chi connectivity index (χ2v) is 7.80. The minimum atomic E-state index is -0.913. The van der Waals surface area contributed by atoms with Crippen LogP contribution in [0.5, 0.6) is 11.5 Å². The van der Waals surface area contributed by atoms with Crippen molar-refractivity contribution in [1.82, 2.24) is 16.1 Å². The van der Waals surface area contributed by atoms with Crippen LogP contribution in [0.4, 0.5) is 0 Å². The summed E-state index contributed by atoms with van der Waals surface area (Å²) in [5.41, 5.74) is 5.58. The van der Waals surface area contributed by atoms with E-state index in [1.54, 1.807) is 18.2 Å². The zero-order chi connectivity index (χ0) is 25.8. The van der Waals surface area contributed by atoms with E-state index in [9.17, 15) is 14.4 Å². The van der Waals surface area contributed by atoms with Crippen LogP contribution in [-0.4, -0.2) is 37.7 Å². The Morgan fingerprint density at radius 2 is 1.53 bits per heavy atom. The van der Waals surface area contributed by atoms with E-state index in [-0.39, 0.29) is 24.8 Å². The fourth-order valence-corrected chi connectivity index (χ4v) is 3.11. The number of methoxy groups -OCH3 is 1. The van der Waals surface area contributed by atoms with Crippen LogP contribution in [0, 0.1) is 6.92 Å². The molecule has 3 aromatic carbocycles. The third-order valence-corrected chi connectivity index (χ3v) is 5.06. The minimum Gasteiger partial charge on any atom is -0.493 e. The molecule has 0 radical (unpaired) electrons. The lowest BCUT2D eigenvalue weighted by molar-refractivity contribution is -0.139. The molecular formula is C27H28N4O5. The number of benzene rings is 3. The maximum atomic E-state index is 12.2. The third kappa shape index (κ3) is 7.98. The lowest BCUT2D eigenvalue weighted by Gasteiger charge is -2.13. The molecule has 0 spiro atoms. The summed E-state index contributed by atoms with van der Waals surface area (Å²) in [6.07, 6.45) is 1.31. The van der Waals surface area contributed by atoms with Crippen molar-refractivity contribution in [1.29, 1.82) is 0 Å². The topological polar surface area (TPSA) is 118 Å². The summed E-state index contributed by atoms with van der Waals surface area (Å²) >= 11 is 0. The first-order chi connectivity index (χ1) is 17.5. The molecule has 0 heterocycles. The van der Waals surface area contributed by atoms with Crippen LogP contribution in [-0.2, 0) is 27.5 Å². The SMILES string of the molecule is COc1cccc(/C=N\NC(=O)C(=O)NCc2ccc(C)cc2)c1OCC(=O)NCc1ccccc1. The summed E-state index contributed by atoms with van der Waals surface area (Å²) in [4.78, 5) is 36.4. The molecule has 3 N–H and O–H groups in total. The Balaban J connectivity index is 1.53. The van der Waals surface area contributed by atoms with Gasteiger partial charge in [0.25, 0.3) is 5.91 Å². The van der Waals surface area contributed by atoms with Crippen LogP contribution in [0.3, 0.4) is 0 Å². The molecule has 0 fully saturated rings. The molecule has 0 aliphatic carbocycles. The molecule has 0 saturated heterocycles. The Hall–Kier alpha value is -4.66. The summed E-state index contributed by atoms with van der Waals surface area (Å²) in [7, 11) is 1.47. The maximum Gasteiger partial charge on any atom is 0.329 e. The lowest BCUT2D eigenvalue weighted by atomic mass is 10.1. The Bertz CT molecular complexity index is 1210. The number of nitrogens with one attached hydrogen (secondary N) is 3. The molecule has 3 rings (SSSR count). The van der Waals surface area contributed by atoms with Crippen LogP contribution < -0.4 is 25.5 Å². The first-order valence-corrected chi connectivity index (χ1v) is 11.2. The number of hydrogen-bond acceptors (Lipinski definition) is 6. The van der Waals surface area contributed by atoms with E-state index >= 15 is 0 Å². The Morgan fingerprint density at radius 3 is 2.25 bits per heavy atom. The van der Waals surface area contributed by atoms with Crippen molar-refractivity contribution in [2.24, 2.45) is 5.10 Å². The number of carbonyl (C=O) groups is 3. The van der Waals surface area contributed by atoms with Crippen LogP contribution in [0.2, 0.25) is 0 Å². The van der Waals surface area contributed by atoms with Crippen molar-refractivity contribution in [2.75, 3.05) is 13.7 Å². The van der Waals surface area contributed by atoms with Crippen molar-refractivity contribution < 1.29 is 23.9 Å². The molecule has 0 unspecified atom stereocenters. The predicted octanol–water partition coefficient (Wildman–Crippen LogP) is 2.47. The number of ether oxygens (including phenoxy) is 2. The zero-order valence-electron chi connectivity index (χ0n) is 20.1. The Kier molecular flexibility index (Phi) is 9.58. The fraction of sp³-hybridized carbons (Fsp3) is 0.185. The first kappa shape index (κ1) is 26.0. The number of hydrogen-bond donors (Lipinski definition) is 3. The van der Waals surface area contributed by atoms with Gasteiger partial charge in [0.15, 0.2) is 18.1 Å². The minimum absolute atomic E-state index is 0.219. The molecule has 0 saturated carbocycles. The van der Waals surface area contributed by atoms with Gasteiger partial charge < -0.3 is 20.1 Å². The molecule has 0 aliphatic rings. The van der Waals surface area contributed by atoms with Crippen LogP contribution in [0.1, 0.15) is 22.3 Å². The van der Waals surface area contributed by atoms with Gasteiger partial charge in [0.05, 0.1) is 13.3 Å². The van der Waals surface area contributed by atoms with Crippen LogP contribution >= 0.6 is 0 Å². The number of aryl methyl sites for hydroxylation is 1. The summed E-state index contributed by atoms with van der Waals surface area (Å²) in [6.45, 7) is 2.31. The van der Waals surface area contributed by atoms with Crippen molar-refractivity contribution in [2.45, 2.75) is 20.0 Å². The van der Waals surface area contributed by atoms with Gasteiger partial charge in [0.1, 0.15) is 0 Å². The van der Waals surface area contributed by atoms with Gasteiger partial charge in [-0.15, -0.1) is 0 Å². The molecule has 9 nitrogen and oxygen atoms in total. The first-order valence-electron chi connectivity index (χ1n) is 11.2. The molecule has 3 aromatic rings. The lowest BCUT2D eigenvalue weighted by Crippen LogP contribution is -2.37. The van der Waals surface area contributed by atoms with Crippen LogP contribution in [0.25, 0.3) is 0 Å². The molecular weight excluding hydrogens is 460 g/mol. The highest BCUT2D eigenvalue weighted by molar-refractivity contribution is 6.35. The van der Waals surface area contributed by atoms with E-state index in [0.717, 1.165) is 16.7 Å². The highest BCUT2D eigenvalue weighted by atomic mass is 16.5. The maximum absolute atomic E-state index is 12.2. The summed E-state index contributed by atoms with van der Waals surface area (Å²) in [6, 6.07) is 22.2. The molecule has 9 heteroatoms. The smallest absolute Gasteiger partial charge is 0.329 e. The molecule has 36 heavy (non-hydrogen) atoms. The van der Waals surface area contributed by atoms with E-state index in [1.165, 1.54) is 13.3 Å². The molecule has 3 amide bonds. The Labute approximate surface area is 209 Å². The van der Waals surface area contributed by atoms with Gasteiger partial charge in [-0.2, -0.15) is 5.10 Å².